The van der Waals surface area contributed by atoms with Gasteiger partial charge in [-0.05, 0) is 64.0 Å². The predicted molar refractivity (Wildman–Crippen MR) is 137 cm³/mol. The maximum absolute atomic E-state index is 13.2. The Morgan fingerprint density at radius 1 is 1.21 bits per heavy atom. The molecule has 0 unspecified atom stereocenters. The van der Waals surface area contributed by atoms with Crippen LogP contribution in [0.5, 0.6) is 23.0 Å². The van der Waals surface area contributed by atoms with Gasteiger partial charge in [0.1, 0.15) is 6.61 Å². The second-order valence-electron chi connectivity index (χ2n) is 7.20. The van der Waals surface area contributed by atoms with Crippen LogP contribution in [-0.4, -0.2) is 29.1 Å². The van der Waals surface area contributed by atoms with Gasteiger partial charge in [0.2, 0.25) is 6.79 Å². The van der Waals surface area contributed by atoms with Crippen LogP contribution >= 0.6 is 39.9 Å². The van der Waals surface area contributed by atoms with E-state index in [9.17, 15) is 4.79 Å². The molecule has 2 aliphatic heterocycles. The molecule has 0 spiro atoms. The van der Waals surface area contributed by atoms with Crippen LogP contribution < -0.4 is 23.8 Å². The lowest BCUT2D eigenvalue weighted by molar-refractivity contribution is -0.113. The van der Waals surface area contributed by atoms with Crippen molar-refractivity contribution >= 4 is 61.9 Å². The second-order valence-corrected chi connectivity index (χ2v) is 9.73. The molecular weight excluding hydrogens is 540 g/mol. The first-order chi connectivity index (χ1) is 16.5. The quantitative estimate of drug-likeness (QED) is 0.288. The second kappa shape index (κ2) is 9.65. The molecule has 0 radical (unpaired) electrons. The van der Waals surface area contributed by atoms with Crippen LogP contribution in [0, 0.1) is 0 Å². The lowest BCUT2D eigenvalue weighted by Gasteiger charge is -2.15. The highest BCUT2D eigenvalue weighted by atomic mass is 79.9. The van der Waals surface area contributed by atoms with Crippen LogP contribution in [0.15, 0.2) is 64.1 Å². The topological polar surface area (TPSA) is 70.1 Å². The first-order valence-electron chi connectivity index (χ1n) is 10.1. The summed E-state index contributed by atoms with van der Waals surface area (Å²) >= 11 is 10.3. The van der Waals surface area contributed by atoms with Crippen LogP contribution in [0.4, 0.5) is 5.69 Å². The molecule has 1 aromatic heterocycles. The highest BCUT2D eigenvalue weighted by Gasteiger charge is 2.34. The van der Waals surface area contributed by atoms with Crippen LogP contribution in [-0.2, 0) is 11.4 Å². The summed E-state index contributed by atoms with van der Waals surface area (Å²) in [5, 5.41) is 0. The van der Waals surface area contributed by atoms with Crippen molar-refractivity contribution in [1.82, 2.24) is 4.98 Å². The Kier molecular flexibility index (Phi) is 6.44. The highest BCUT2D eigenvalue weighted by molar-refractivity contribution is 9.10. The number of nitrogens with zero attached hydrogens (tertiary/aromatic N) is 2. The van der Waals surface area contributed by atoms with Gasteiger partial charge >= 0.3 is 0 Å². The summed E-state index contributed by atoms with van der Waals surface area (Å²) in [6.07, 6.45) is 3.50. The summed E-state index contributed by atoms with van der Waals surface area (Å²) < 4.78 is 23.4. The Balaban J connectivity index is 1.39. The number of fused-ring (bicyclic) bond motifs is 1. The van der Waals surface area contributed by atoms with Crippen molar-refractivity contribution in [2.45, 2.75) is 6.61 Å². The van der Waals surface area contributed by atoms with Crippen molar-refractivity contribution in [1.29, 1.82) is 0 Å². The van der Waals surface area contributed by atoms with Gasteiger partial charge in [-0.2, -0.15) is 0 Å². The van der Waals surface area contributed by atoms with Gasteiger partial charge < -0.3 is 18.9 Å². The summed E-state index contributed by atoms with van der Waals surface area (Å²) in [7, 11) is 1.57. The lowest BCUT2D eigenvalue weighted by Crippen LogP contribution is -2.27. The Bertz CT molecular complexity index is 1320. The van der Waals surface area contributed by atoms with Gasteiger partial charge in [-0.1, -0.05) is 30.0 Å². The molecule has 10 heteroatoms. The molecule has 7 nitrogen and oxygen atoms in total. The predicted octanol–water partition coefficient (Wildman–Crippen LogP) is 5.57. The number of pyridine rings is 1. The molecule has 34 heavy (non-hydrogen) atoms. The summed E-state index contributed by atoms with van der Waals surface area (Å²) in [5.74, 6) is 2.11. The molecule has 0 aliphatic carbocycles. The number of thiocarbonyl (C=S) groups is 1. The number of carbonyl (C=O) groups is 1. The molecular formula is C24H17BrN2O5S2. The van der Waals surface area contributed by atoms with Crippen molar-refractivity contribution < 1.29 is 23.7 Å². The van der Waals surface area contributed by atoms with E-state index in [2.05, 4.69) is 20.9 Å². The summed E-state index contributed by atoms with van der Waals surface area (Å²) in [6.45, 7) is 0.457. The number of benzene rings is 2. The summed E-state index contributed by atoms with van der Waals surface area (Å²) in [6, 6.07) is 14.6. The molecule has 1 fully saturated rings. The number of ether oxygens (including phenoxy) is 4. The SMILES string of the molecule is COc1cc(/C=C2/SC(=S)N(c3ccc4c(c3)OCO4)C2=O)cc(Br)c1OCc1ccccn1. The third-order valence-corrected chi connectivity index (χ3v) is 6.94. The fourth-order valence-corrected chi connectivity index (χ4v) is 5.33. The maximum atomic E-state index is 13.2. The van der Waals surface area contributed by atoms with E-state index in [1.54, 1.807) is 37.6 Å². The smallest absolute Gasteiger partial charge is 0.270 e. The Labute approximate surface area is 213 Å². The van der Waals surface area contributed by atoms with Crippen LogP contribution in [0.2, 0.25) is 0 Å². The number of methoxy groups -OCH3 is 1. The first-order valence-corrected chi connectivity index (χ1v) is 12.1. The van der Waals surface area contributed by atoms with Crippen molar-refractivity contribution in [2.75, 3.05) is 18.8 Å². The minimum absolute atomic E-state index is 0.162. The number of hydrogen-bond donors (Lipinski definition) is 0. The van der Waals surface area contributed by atoms with Gasteiger partial charge in [0.25, 0.3) is 5.91 Å². The molecule has 3 heterocycles. The Hall–Kier alpha value is -3.08. The number of carbonyl (C=O) groups excluding carboxylic acids is 1. The van der Waals surface area contributed by atoms with E-state index in [-0.39, 0.29) is 12.7 Å². The van der Waals surface area contributed by atoms with E-state index in [4.69, 9.17) is 31.2 Å². The number of anilines is 1. The summed E-state index contributed by atoms with van der Waals surface area (Å²) in [5.41, 5.74) is 2.19. The first kappa shape index (κ1) is 22.7. The molecule has 0 saturated carbocycles. The van der Waals surface area contributed by atoms with E-state index in [0.29, 0.717) is 49.0 Å². The molecule has 1 amide bonds. The fraction of sp³-hybridized carbons (Fsp3) is 0.125. The monoisotopic (exact) mass is 556 g/mol. The van der Waals surface area contributed by atoms with Gasteiger partial charge in [-0.25, -0.2) is 0 Å². The van der Waals surface area contributed by atoms with Gasteiger partial charge in [0.05, 0.1) is 27.9 Å². The minimum atomic E-state index is -0.209. The van der Waals surface area contributed by atoms with Gasteiger partial charge in [-0.15, -0.1) is 0 Å². The number of rotatable bonds is 6. The molecule has 1 saturated heterocycles. The number of aromatic nitrogens is 1. The lowest BCUT2D eigenvalue weighted by atomic mass is 10.1. The molecule has 0 N–H and O–H groups in total. The zero-order chi connectivity index (χ0) is 23.7. The van der Waals surface area contributed by atoms with E-state index in [0.717, 1.165) is 11.3 Å². The molecule has 172 valence electrons. The number of thioether (sulfide) groups is 1. The Morgan fingerprint density at radius 2 is 2.06 bits per heavy atom. The Morgan fingerprint density at radius 3 is 2.85 bits per heavy atom. The molecule has 2 aromatic carbocycles. The number of halogens is 1. The van der Waals surface area contributed by atoms with Gasteiger partial charge in [0.15, 0.2) is 27.3 Å². The third-order valence-electron chi connectivity index (χ3n) is 5.05. The van der Waals surface area contributed by atoms with Crippen LogP contribution in [0.25, 0.3) is 6.08 Å². The standard InChI is InChI=1S/C24H17BrN2O5S2/c1-29-20-9-14(8-17(25)22(20)30-12-15-4-2-3-7-26-15)10-21-23(28)27(24(33)34-21)16-5-6-18-19(11-16)32-13-31-18/h2-11H,12-13H2,1H3/b21-10+. The largest absolute Gasteiger partial charge is 0.493 e. The zero-order valence-corrected chi connectivity index (χ0v) is 21.0. The van der Waals surface area contributed by atoms with Crippen LogP contribution in [0.3, 0.4) is 0 Å². The van der Waals surface area contributed by atoms with Crippen molar-refractivity contribution in [3.8, 4) is 23.0 Å². The van der Waals surface area contributed by atoms with E-state index >= 15 is 0 Å². The molecule has 0 atom stereocenters. The van der Waals surface area contributed by atoms with E-state index in [1.165, 1.54) is 16.7 Å². The maximum Gasteiger partial charge on any atom is 0.270 e. The normalized spacial score (nSPS) is 15.8. The van der Waals surface area contributed by atoms with Gasteiger partial charge in [-0.3, -0.25) is 14.7 Å². The zero-order valence-electron chi connectivity index (χ0n) is 17.8. The average molecular weight is 557 g/mol. The van der Waals surface area contributed by atoms with Crippen molar-refractivity contribution in [3.05, 3.63) is 75.4 Å². The molecule has 3 aromatic rings. The minimum Gasteiger partial charge on any atom is -0.493 e. The van der Waals surface area contributed by atoms with Crippen molar-refractivity contribution in [2.24, 2.45) is 0 Å². The fourth-order valence-electron chi connectivity index (χ4n) is 3.46. The molecule has 5 rings (SSSR count). The average Bonchev–Trinajstić information content (AvgIpc) is 3.41. The van der Waals surface area contributed by atoms with Gasteiger partial charge in [0, 0.05) is 12.3 Å². The number of amides is 1. The molecule has 2 aliphatic rings. The van der Waals surface area contributed by atoms with Crippen molar-refractivity contribution in [3.63, 3.8) is 0 Å². The third kappa shape index (κ3) is 4.48. The van der Waals surface area contributed by atoms with Crippen LogP contribution in [0.1, 0.15) is 11.3 Å². The van der Waals surface area contributed by atoms with E-state index < -0.39 is 0 Å². The highest BCUT2D eigenvalue weighted by Crippen LogP contribution is 2.42. The summed E-state index contributed by atoms with van der Waals surface area (Å²) in [4.78, 5) is 19.4. The number of hydrogen-bond acceptors (Lipinski definition) is 8. The van der Waals surface area contributed by atoms with E-state index in [1.807, 2.05) is 30.3 Å². The molecule has 0 bridgehead atoms.